The fraction of sp³-hybridized carbons (Fsp3) is 0.0769. The Balaban J connectivity index is 2.16. The highest BCUT2D eigenvalue weighted by molar-refractivity contribution is 6.29. The third-order valence-electron chi connectivity index (χ3n) is 2.41. The van der Waals surface area contributed by atoms with Crippen LogP contribution in [0.15, 0.2) is 47.6 Å². The van der Waals surface area contributed by atoms with Gasteiger partial charge >= 0.3 is 6.03 Å². The Morgan fingerprint density at radius 1 is 1.32 bits per heavy atom. The second-order valence-corrected chi connectivity index (χ2v) is 4.35. The molecule has 0 unspecified atom stereocenters. The first-order valence-electron chi connectivity index (χ1n) is 5.54. The summed E-state index contributed by atoms with van der Waals surface area (Å²) < 4.78 is 0.735. The van der Waals surface area contributed by atoms with E-state index in [9.17, 15) is 10.0 Å². The van der Waals surface area contributed by atoms with Crippen LogP contribution in [0.2, 0.25) is 5.15 Å². The van der Waals surface area contributed by atoms with E-state index in [4.69, 9.17) is 11.6 Å². The second-order valence-electron chi connectivity index (χ2n) is 3.96. The zero-order valence-electron chi connectivity index (χ0n) is 10.2. The molecule has 19 heavy (non-hydrogen) atoms. The molecule has 0 bridgehead atoms. The number of nitrogens with zero attached hydrogens (tertiary/aromatic N) is 2. The van der Waals surface area contributed by atoms with Crippen LogP contribution in [0.4, 0.5) is 10.5 Å². The Morgan fingerprint density at radius 2 is 2.00 bits per heavy atom. The zero-order valence-corrected chi connectivity index (χ0v) is 10.9. The van der Waals surface area contributed by atoms with E-state index in [-0.39, 0.29) is 5.15 Å². The van der Waals surface area contributed by atoms with Crippen LogP contribution in [-0.2, 0) is 0 Å². The van der Waals surface area contributed by atoms with Crippen molar-refractivity contribution in [1.29, 1.82) is 0 Å². The van der Waals surface area contributed by atoms with E-state index >= 15 is 0 Å². The fourth-order valence-corrected chi connectivity index (χ4v) is 1.60. The average molecular weight is 278 g/mol. The summed E-state index contributed by atoms with van der Waals surface area (Å²) in [6.07, 6.45) is 1.31. The van der Waals surface area contributed by atoms with E-state index in [1.165, 1.54) is 18.3 Å². The maximum absolute atomic E-state index is 11.7. The maximum atomic E-state index is 11.7. The summed E-state index contributed by atoms with van der Waals surface area (Å²) in [4.78, 5) is 15.5. The van der Waals surface area contributed by atoms with E-state index < -0.39 is 6.03 Å². The van der Waals surface area contributed by atoms with E-state index in [1.54, 1.807) is 12.1 Å². The van der Waals surface area contributed by atoms with Gasteiger partial charge in [-0.3, -0.25) is 0 Å². The van der Waals surface area contributed by atoms with Crippen molar-refractivity contribution in [2.24, 2.45) is 4.99 Å². The van der Waals surface area contributed by atoms with Crippen molar-refractivity contribution in [3.63, 3.8) is 0 Å². The summed E-state index contributed by atoms with van der Waals surface area (Å²) in [5, 5.41) is 12.2. The van der Waals surface area contributed by atoms with Gasteiger partial charge in [-0.1, -0.05) is 29.3 Å². The number of amides is 2. The number of halogens is 1. The number of aromatic nitrogens is 1. The van der Waals surface area contributed by atoms with Crippen molar-refractivity contribution >= 4 is 23.3 Å². The highest BCUT2D eigenvalue weighted by Gasteiger charge is 2.00. The van der Waals surface area contributed by atoms with Gasteiger partial charge in [-0.15, -0.1) is 0 Å². The van der Waals surface area contributed by atoms with Gasteiger partial charge in [0.15, 0.2) is 0 Å². The normalized spacial score (nSPS) is 11.4. The second kappa shape index (κ2) is 5.58. The average Bonchev–Trinajstić information content (AvgIpc) is 2.37. The molecule has 0 fully saturated rings. The predicted octanol–water partition coefficient (Wildman–Crippen LogP) is 2.82. The number of rotatable bonds is 1. The van der Waals surface area contributed by atoms with Crippen molar-refractivity contribution in [3.8, 4) is 0 Å². The Kier molecular flexibility index (Phi) is 3.87. The molecule has 0 atom stereocenters. The first-order chi connectivity index (χ1) is 9.04. The molecule has 2 N–H and O–H groups in total. The number of aryl methyl sites for hydroxylation is 1. The van der Waals surface area contributed by atoms with Gasteiger partial charge < -0.3 is 10.5 Å². The molecule has 98 valence electrons. The number of nitrogens with one attached hydrogen (secondary N) is 1. The van der Waals surface area contributed by atoms with Crippen LogP contribution in [0, 0.1) is 6.92 Å². The monoisotopic (exact) mass is 277 g/mol. The molecule has 1 aromatic heterocycles. The van der Waals surface area contributed by atoms with Crippen molar-refractivity contribution in [1.82, 2.24) is 4.73 Å². The Morgan fingerprint density at radius 3 is 2.63 bits per heavy atom. The Bertz CT molecular complexity index is 662. The zero-order chi connectivity index (χ0) is 13.8. The number of anilines is 1. The standard InChI is InChI=1S/C13H12ClN3O2/c1-9-2-4-10(5-3-9)15-13(18)16-11-6-7-17(19)12(14)8-11/h2-8,19H,1H3,(H,15,18). The van der Waals surface area contributed by atoms with Gasteiger partial charge in [0.25, 0.3) is 0 Å². The third kappa shape index (κ3) is 3.59. The van der Waals surface area contributed by atoms with Crippen LogP contribution in [0.3, 0.4) is 0 Å². The lowest BCUT2D eigenvalue weighted by Crippen LogP contribution is -2.13. The highest BCUT2D eigenvalue weighted by atomic mass is 35.5. The van der Waals surface area contributed by atoms with Crippen LogP contribution in [0.25, 0.3) is 0 Å². The summed E-state index contributed by atoms with van der Waals surface area (Å²) >= 11 is 5.70. The van der Waals surface area contributed by atoms with Crippen molar-refractivity contribution < 1.29 is 10.0 Å². The lowest BCUT2D eigenvalue weighted by molar-refractivity contribution is 0.185. The highest BCUT2D eigenvalue weighted by Crippen LogP contribution is 2.08. The Hall–Kier alpha value is -2.27. The van der Waals surface area contributed by atoms with Gasteiger partial charge in [-0.25, -0.2) is 4.79 Å². The first kappa shape index (κ1) is 13.2. The number of carbonyl (C=O) groups is 1. The molecule has 0 spiro atoms. The minimum absolute atomic E-state index is 0.0735. The molecule has 2 rings (SSSR count). The van der Waals surface area contributed by atoms with Crippen LogP contribution >= 0.6 is 11.6 Å². The van der Waals surface area contributed by atoms with Crippen LogP contribution in [0.1, 0.15) is 5.56 Å². The number of hydrogen-bond donors (Lipinski definition) is 2. The molecule has 1 aromatic carbocycles. The van der Waals surface area contributed by atoms with Crippen molar-refractivity contribution in [3.05, 3.63) is 58.7 Å². The maximum Gasteiger partial charge on any atom is 0.345 e. The molecule has 5 nitrogen and oxygen atoms in total. The first-order valence-corrected chi connectivity index (χ1v) is 5.92. The summed E-state index contributed by atoms with van der Waals surface area (Å²) in [7, 11) is 0. The summed E-state index contributed by atoms with van der Waals surface area (Å²) in [5.41, 5.74) is 1.77. The van der Waals surface area contributed by atoms with Gasteiger partial charge in [0.05, 0.1) is 5.36 Å². The molecule has 1 heterocycles. The van der Waals surface area contributed by atoms with E-state index in [0.717, 1.165) is 10.3 Å². The number of urea groups is 1. The molecule has 6 heteroatoms. The molecule has 0 saturated heterocycles. The van der Waals surface area contributed by atoms with Gasteiger partial charge in [0.2, 0.25) is 0 Å². The molecule has 0 aliphatic rings. The minimum Gasteiger partial charge on any atom is -0.428 e. The van der Waals surface area contributed by atoms with Crippen LogP contribution < -0.4 is 10.7 Å². The van der Waals surface area contributed by atoms with Gasteiger partial charge in [-0.05, 0) is 25.1 Å². The molecular formula is C13H12ClN3O2. The lowest BCUT2D eigenvalue weighted by atomic mass is 10.2. The molecular weight excluding hydrogens is 266 g/mol. The third-order valence-corrected chi connectivity index (χ3v) is 2.69. The number of carbonyl (C=O) groups excluding carboxylic acids is 1. The molecule has 2 amide bonds. The molecule has 0 aliphatic carbocycles. The minimum atomic E-state index is -0.504. The summed E-state index contributed by atoms with van der Waals surface area (Å²) in [6, 6.07) is 9.73. The smallest absolute Gasteiger partial charge is 0.345 e. The number of benzene rings is 1. The van der Waals surface area contributed by atoms with Gasteiger partial charge in [-0.2, -0.15) is 9.72 Å². The summed E-state index contributed by atoms with van der Waals surface area (Å²) in [6.45, 7) is 1.96. The largest absolute Gasteiger partial charge is 0.428 e. The molecule has 0 aliphatic heterocycles. The van der Waals surface area contributed by atoms with E-state index in [2.05, 4.69) is 10.3 Å². The Labute approximate surface area is 114 Å². The SMILES string of the molecule is Cc1ccc(NC(=O)N=c2ccn(O)c(Cl)c2)cc1. The number of hydrogen-bond acceptors (Lipinski definition) is 2. The van der Waals surface area contributed by atoms with Crippen LogP contribution in [0.5, 0.6) is 0 Å². The quantitative estimate of drug-likeness (QED) is 0.622. The van der Waals surface area contributed by atoms with E-state index in [0.29, 0.717) is 11.0 Å². The number of pyridine rings is 1. The van der Waals surface area contributed by atoms with Crippen LogP contribution in [-0.4, -0.2) is 16.0 Å². The van der Waals surface area contributed by atoms with E-state index in [1.807, 2.05) is 19.1 Å². The van der Waals surface area contributed by atoms with Gasteiger partial charge in [0.1, 0.15) is 5.15 Å². The molecule has 0 radical (unpaired) electrons. The topological polar surface area (TPSA) is 66.6 Å². The van der Waals surface area contributed by atoms with Crippen molar-refractivity contribution in [2.75, 3.05) is 5.32 Å². The molecule has 0 saturated carbocycles. The van der Waals surface area contributed by atoms with Gasteiger partial charge in [0, 0.05) is 18.0 Å². The predicted molar refractivity (Wildman–Crippen MR) is 72.4 cm³/mol. The lowest BCUT2D eigenvalue weighted by Gasteiger charge is -2.02. The summed E-state index contributed by atoms with van der Waals surface area (Å²) in [5.74, 6) is 0. The fourth-order valence-electron chi connectivity index (χ4n) is 1.43. The molecule has 2 aromatic rings. The van der Waals surface area contributed by atoms with Crippen molar-refractivity contribution in [2.45, 2.75) is 6.92 Å².